The summed E-state index contributed by atoms with van der Waals surface area (Å²) >= 11 is 1.58. The largest absolute Gasteiger partial charge is 0.497 e. The van der Waals surface area contributed by atoms with E-state index in [0.717, 1.165) is 53.9 Å². The van der Waals surface area contributed by atoms with Gasteiger partial charge in [-0.05, 0) is 49.4 Å². The van der Waals surface area contributed by atoms with Crippen molar-refractivity contribution in [2.75, 3.05) is 12.9 Å². The summed E-state index contributed by atoms with van der Waals surface area (Å²) < 4.78 is 5.22. The Kier molecular flexibility index (Phi) is 10.3. The number of nitrogens with zero attached hydrogens (tertiary/aromatic N) is 1. The summed E-state index contributed by atoms with van der Waals surface area (Å²) in [5.74, 6) is 1.88. The van der Waals surface area contributed by atoms with Crippen LogP contribution in [0, 0.1) is 6.92 Å². The van der Waals surface area contributed by atoms with E-state index in [9.17, 15) is 9.59 Å². The van der Waals surface area contributed by atoms with Crippen LogP contribution in [0.2, 0.25) is 0 Å². The van der Waals surface area contributed by atoms with Crippen LogP contribution in [0.4, 0.5) is 0 Å². The number of carbonyl (C=O) groups excluding carboxylic acids is 2. The van der Waals surface area contributed by atoms with Gasteiger partial charge >= 0.3 is 0 Å². The lowest BCUT2D eigenvalue weighted by Crippen LogP contribution is -2.52. The van der Waals surface area contributed by atoms with Gasteiger partial charge in [-0.1, -0.05) is 68.1 Å². The van der Waals surface area contributed by atoms with Crippen LogP contribution in [-0.4, -0.2) is 41.7 Å². The summed E-state index contributed by atoms with van der Waals surface area (Å²) in [4.78, 5) is 28.5. The number of rotatable bonds is 11. The van der Waals surface area contributed by atoms with Crippen molar-refractivity contribution in [3.05, 3.63) is 65.2 Å². The summed E-state index contributed by atoms with van der Waals surface area (Å²) in [5.41, 5.74) is 3.35. The highest BCUT2D eigenvalue weighted by Gasteiger charge is 2.30. The molecule has 2 aromatic carbocycles. The van der Waals surface area contributed by atoms with E-state index < -0.39 is 6.04 Å². The van der Waals surface area contributed by atoms with Crippen molar-refractivity contribution < 1.29 is 14.3 Å². The number of methoxy groups -OCH3 is 1. The Hall–Kier alpha value is -2.47. The first kappa shape index (κ1) is 26.1. The minimum atomic E-state index is -0.462. The fourth-order valence-corrected chi connectivity index (χ4v) is 5.40. The molecule has 1 saturated carbocycles. The van der Waals surface area contributed by atoms with Gasteiger partial charge < -0.3 is 15.0 Å². The van der Waals surface area contributed by atoms with Gasteiger partial charge in [0.25, 0.3) is 0 Å². The van der Waals surface area contributed by atoms with Crippen LogP contribution in [0.3, 0.4) is 0 Å². The maximum atomic E-state index is 13.4. The average molecular weight is 483 g/mol. The number of aryl methyl sites for hydroxylation is 1. The van der Waals surface area contributed by atoms with Gasteiger partial charge in [-0.2, -0.15) is 0 Å². The Labute approximate surface area is 208 Å². The van der Waals surface area contributed by atoms with Crippen LogP contribution in [0.15, 0.2) is 48.5 Å². The molecule has 3 rings (SSSR count). The van der Waals surface area contributed by atoms with Gasteiger partial charge in [0.05, 0.1) is 12.9 Å². The minimum Gasteiger partial charge on any atom is -0.497 e. The second-order valence-corrected chi connectivity index (χ2v) is 10.1. The number of nitrogens with one attached hydrogen (secondary N) is 1. The smallest absolute Gasteiger partial charge is 0.243 e. The first-order valence-corrected chi connectivity index (χ1v) is 13.5. The summed E-state index contributed by atoms with van der Waals surface area (Å²) in [7, 11) is 1.65. The molecule has 1 aliphatic rings. The zero-order valence-corrected chi connectivity index (χ0v) is 21.5. The first-order valence-electron chi connectivity index (χ1n) is 12.4. The number of amides is 2. The molecule has 0 heterocycles. The molecule has 1 aliphatic carbocycles. The van der Waals surface area contributed by atoms with Gasteiger partial charge in [0.15, 0.2) is 0 Å². The van der Waals surface area contributed by atoms with Crippen molar-refractivity contribution in [1.29, 1.82) is 0 Å². The van der Waals surface area contributed by atoms with E-state index in [1.54, 1.807) is 23.8 Å². The van der Waals surface area contributed by atoms with Crippen molar-refractivity contribution in [3.8, 4) is 5.75 Å². The van der Waals surface area contributed by atoms with E-state index in [1.807, 2.05) is 56.3 Å². The number of thioether (sulfide) groups is 1. The molecule has 0 radical (unpaired) electrons. The predicted octanol–water partition coefficient (Wildman–Crippen LogP) is 5.49. The maximum Gasteiger partial charge on any atom is 0.243 e. The molecule has 2 amide bonds. The van der Waals surface area contributed by atoms with Gasteiger partial charge in [-0.15, -0.1) is 11.8 Å². The van der Waals surface area contributed by atoms with Crippen LogP contribution in [0.5, 0.6) is 5.75 Å². The minimum absolute atomic E-state index is 0.00524. The zero-order valence-electron chi connectivity index (χ0n) is 20.7. The molecule has 2 aromatic rings. The van der Waals surface area contributed by atoms with Crippen LogP contribution in [-0.2, 0) is 21.9 Å². The van der Waals surface area contributed by atoms with E-state index >= 15 is 0 Å². The lowest BCUT2D eigenvalue weighted by molar-refractivity contribution is -0.139. The topological polar surface area (TPSA) is 58.6 Å². The third-order valence-corrected chi connectivity index (χ3v) is 7.41. The molecule has 34 heavy (non-hydrogen) atoms. The van der Waals surface area contributed by atoms with Crippen molar-refractivity contribution in [2.45, 2.75) is 76.8 Å². The summed E-state index contributed by atoms with van der Waals surface area (Å²) in [6.07, 6.45) is 6.23. The predicted molar refractivity (Wildman–Crippen MR) is 140 cm³/mol. The number of hydrogen-bond donors (Lipinski definition) is 1. The Balaban J connectivity index is 1.68. The van der Waals surface area contributed by atoms with Crippen molar-refractivity contribution in [2.24, 2.45) is 0 Å². The molecule has 0 aliphatic heterocycles. The number of carbonyl (C=O) groups is 2. The Morgan fingerprint density at radius 2 is 1.82 bits per heavy atom. The molecule has 184 valence electrons. The molecule has 1 N–H and O–H groups in total. The van der Waals surface area contributed by atoms with E-state index in [1.165, 1.54) is 6.42 Å². The number of hydrogen-bond acceptors (Lipinski definition) is 4. The highest BCUT2D eigenvalue weighted by molar-refractivity contribution is 7.99. The van der Waals surface area contributed by atoms with Gasteiger partial charge in [0.1, 0.15) is 11.8 Å². The SMILES string of the molecule is CC[C@@H](C(=O)NC1CCCCC1)N(Cc1cccc(C)c1)C(=O)CSCc1ccc(OC)cc1. The molecular formula is C28H38N2O3S. The van der Waals surface area contributed by atoms with E-state index in [-0.39, 0.29) is 17.9 Å². The first-order chi connectivity index (χ1) is 16.5. The third-order valence-electron chi connectivity index (χ3n) is 6.43. The highest BCUT2D eigenvalue weighted by atomic mass is 32.2. The second kappa shape index (κ2) is 13.4. The average Bonchev–Trinajstić information content (AvgIpc) is 2.85. The fraction of sp³-hybridized carbons (Fsp3) is 0.500. The summed E-state index contributed by atoms with van der Waals surface area (Å²) in [6, 6.07) is 15.9. The summed E-state index contributed by atoms with van der Waals surface area (Å²) in [5, 5.41) is 3.24. The molecule has 1 fully saturated rings. The maximum absolute atomic E-state index is 13.4. The van der Waals surface area contributed by atoms with Crippen molar-refractivity contribution in [3.63, 3.8) is 0 Å². The Morgan fingerprint density at radius 1 is 1.09 bits per heavy atom. The zero-order chi connectivity index (χ0) is 24.3. The number of ether oxygens (including phenoxy) is 1. The molecule has 1 atom stereocenters. The monoisotopic (exact) mass is 482 g/mol. The normalized spacial score (nSPS) is 14.9. The quantitative estimate of drug-likeness (QED) is 0.460. The molecule has 0 spiro atoms. The van der Waals surface area contributed by atoms with Gasteiger partial charge in [0.2, 0.25) is 11.8 Å². The molecule has 0 saturated heterocycles. The van der Waals surface area contributed by atoms with Crippen molar-refractivity contribution in [1.82, 2.24) is 10.2 Å². The van der Waals surface area contributed by atoms with Crippen molar-refractivity contribution >= 4 is 23.6 Å². The lowest BCUT2D eigenvalue weighted by Gasteiger charge is -2.33. The molecule has 0 unspecified atom stereocenters. The van der Waals surface area contributed by atoms with Gasteiger partial charge in [-0.25, -0.2) is 0 Å². The van der Waals surface area contributed by atoms with Gasteiger partial charge in [0, 0.05) is 18.3 Å². The lowest BCUT2D eigenvalue weighted by atomic mass is 9.95. The highest BCUT2D eigenvalue weighted by Crippen LogP contribution is 2.21. The summed E-state index contributed by atoms with van der Waals surface area (Å²) in [6.45, 7) is 4.49. The van der Waals surface area contributed by atoms with E-state index in [4.69, 9.17) is 4.74 Å². The molecule has 0 aromatic heterocycles. The van der Waals surface area contributed by atoms with E-state index in [2.05, 4.69) is 11.4 Å². The van der Waals surface area contributed by atoms with Crippen LogP contribution < -0.4 is 10.1 Å². The molecule has 6 heteroatoms. The molecule has 0 bridgehead atoms. The van der Waals surface area contributed by atoms with Crippen LogP contribution in [0.25, 0.3) is 0 Å². The third kappa shape index (κ3) is 7.79. The van der Waals surface area contributed by atoms with Crippen LogP contribution >= 0.6 is 11.8 Å². The Morgan fingerprint density at radius 3 is 2.47 bits per heavy atom. The fourth-order valence-electron chi connectivity index (χ4n) is 4.53. The van der Waals surface area contributed by atoms with Crippen LogP contribution in [0.1, 0.15) is 62.1 Å². The Bertz CT molecular complexity index is 926. The molecule has 5 nitrogen and oxygen atoms in total. The number of benzene rings is 2. The van der Waals surface area contributed by atoms with E-state index in [0.29, 0.717) is 18.7 Å². The standard InChI is InChI=1S/C28H38N2O3S/c1-4-26(28(32)29-24-11-6-5-7-12-24)30(18-23-10-8-9-21(2)17-23)27(31)20-34-19-22-13-15-25(33-3)16-14-22/h8-10,13-17,24,26H,4-7,11-12,18-20H2,1-3H3,(H,29,32)/t26-/m0/s1. The molecular weight excluding hydrogens is 444 g/mol. The second-order valence-electron chi connectivity index (χ2n) is 9.12. The van der Waals surface area contributed by atoms with Gasteiger partial charge in [-0.3, -0.25) is 9.59 Å².